The molecule has 0 spiro atoms. The van der Waals surface area contributed by atoms with Gasteiger partial charge in [-0.3, -0.25) is 4.79 Å². The first kappa shape index (κ1) is 21.2. The van der Waals surface area contributed by atoms with Crippen molar-refractivity contribution in [1.29, 1.82) is 0 Å². The van der Waals surface area contributed by atoms with E-state index in [1.807, 2.05) is 6.08 Å². The quantitative estimate of drug-likeness (QED) is 0.388. The minimum absolute atomic E-state index is 0.243. The second kappa shape index (κ2) is 11.6. The number of carboxylic acid groups (broad SMARTS) is 1. The summed E-state index contributed by atoms with van der Waals surface area (Å²) in [5.41, 5.74) is 0. The highest BCUT2D eigenvalue weighted by Crippen LogP contribution is 2.44. The van der Waals surface area contributed by atoms with Crippen LogP contribution in [0.4, 0.5) is 0 Å². The van der Waals surface area contributed by atoms with Gasteiger partial charge >= 0.3 is 5.97 Å². The summed E-state index contributed by atoms with van der Waals surface area (Å²) in [7, 11) is 0. The molecule has 4 heteroatoms. The van der Waals surface area contributed by atoms with E-state index in [1.165, 1.54) is 19.3 Å². The molecule has 2 N–H and O–H groups in total. The highest BCUT2D eigenvalue weighted by molar-refractivity contribution is 5.66. The molecule has 1 aliphatic heterocycles. The van der Waals surface area contributed by atoms with E-state index in [-0.39, 0.29) is 12.5 Å². The number of ether oxygens (including phenoxy) is 1. The molecule has 148 valence electrons. The molecule has 1 saturated heterocycles. The van der Waals surface area contributed by atoms with E-state index in [9.17, 15) is 9.90 Å². The largest absolute Gasteiger partial charge is 0.481 e. The molecule has 4 nitrogen and oxygen atoms in total. The monoisotopic (exact) mass is 364 g/mol. The first-order valence-electron chi connectivity index (χ1n) is 10.4. The molecule has 1 aliphatic carbocycles. The summed E-state index contributed by atoms with van der Waals surface area (Å²) in [5.74, 6) is 0.945. The van der Waals surface area contributed by atoms with E-state index >= 15 is 0 Å². The van der Waals surface area contributed by atoms with Crippen molar-refractivity contribution in [1.82, 2.24) is 0 Å². The first-order chi connectivity index (χ1) is 12.6. The lowest BCUT2D eigenvalue weighted by Gasteiger charge is -2.33. The van der Waals surface area contributed by atoms with Gasteiger partial charge in [0.05, 0.1) is 18.8 Å². The second-order valence-electron chi connectivity index (χ2n) is 7.96. The van der Waals surface area contributed by atoms with E-state index in [1.54, 1.807) is 0 Å². The fourth-order valence-electron chi connectivity index (χ4n) is 4.33. The standard InChI is InChI=1S/C22H36O4/c1-2-3-6-9-19(23)13-12-17-14-20-15-18(16-26-20)21(17)10-7-4-5-8-11-22(24)25/h4,7,12-13,17-21,23H,2-3,5-6,8-11,14-16H2,1H3,(H,24,25)/b7-4-,13-12+/t17-,18+,19+,20-,21+/m0/s1. The lowest BCUT2D eigenvalue weighted by molar-refractivity contribution is -0.137. The van der Waals surface area contributed by atoms with Crippen LogP contribution in [-0.2, 0) is 9.53 Å². The number of fused-ring (bicyclic) bond motifs is 2. The van der Waals surface area contributed by atoms with Crippen LogP contribution in [0.1, 0.15) is 71.1 Å². The van der Waals surface area contributed by atoms with Gasteiger partial charge in [0.25, 0.3) is 0 Å². The highest BCUT2D eigenvalue weighted by atomic mass is 16.5. The Labute approximate surface area is 158 Å². The molecular formula is C22H36O4. The number of aliphatic hydroxyl groups is 1. The van der Waals surface area contributed by atoms with Gasteiger partial charge in [0, 0.05) is 6.42 Å². The van der Waals surface area contributed by atoms with Crippen molar-refractivity contribution in [2.24, 2.45) is 17.8 Å². The zero-order valence-corrected chi connectivity index (χ0v) is 16.2. The van der Waals surface area contributed by atoms with Gasteiger partial charge in [-0.05, 0) is 56.3 Å². The smallest absolute Gasteiger partial charge is 0.303 e. The summed E-state index contributed by atoms with van der Waals surface area (Å²) in [6, 6.07) is 0. The van der Waals surface area contributed by atoms with Gasteiger partial charge in [0.15, 0.2) is 0 Å². The molecule has 2 aliphatic rings. The predicted molar refractivity (Wildman–Crippen MR) is 104 cm³/mol. The first-order valence-corrected chi connectivity index (χ1v) is 10.4. The third kappa shape index (κ3) is 7.24. The Morgan fingerprint density at radius 3 is 2.85 bits per heavy atom. The molecule has 2 bridgehead atoms. The van der Waals surface area contributed by atoms with Crippen LogP contribution in [0.25, 0.3) is 0 Å². The Morgan fingerprint density at radius 1 is 1.23 bits per heavy atom. The van der Waals surface area contributed by atoms with Gasteiger partial charge in [-0.25, -0.2) is 0 Å². The van der Waals surface area contributed by atoms with Crippen LogP contribution in [-0.4, -0.2) is 35.0 Å². The van der Waals surface area contributed by atoms with Crippen molar-refractivity contribution < 1.29 is 19.7 Å². The number of allylic oxidation sites excluding steroid dienone is 3. The number of carboxylic acids is 1. The Morgan fingerprint density at radius 2 is 2.08 bits per heavy atom. The summed E-state index contributed by atoms with van der Waals surface area (Å²) in [6.07, 6.45) is 18.0. The Bertz CT molecular complexity index is 471. The summed E-state index contributed by atoms with van der Waals surface area (Å²) in [4.78, 5) is 10.6. The molecule has 0 aromatic carbocycles. The molecule has 26 heavy (non-hydrogen) atoms. The number of carbonyl (C=O) groups is 1. The van der Waals surface area contributed by atoms with E-state index in [0.29, 0.717) is 30.3 Å². The molecule has 2 rings (SSSR count). The Kier molecular flexibility index (Phi) is 9.41. The average molecular weight is 365 g/mol. The van der Waals surface area contributed by atoms with Gasteiger partial charge in [0.1, 0.15) is 0 Å². The lowest BCUT2D eigenvalue weighted by Crippen LogP contribution is -2.29. The molecule has 0 amide bonds. The van der Waals surface area contributed by atoms with Crippen LogP contribution >= 0.6 is 0 Å². The van der Waals surface area contributed by atoms with E-state index in [2.05, 4.69) is 25.2 Å². The summed E-state index contributed by atoms with van der Waals surface area (Å²) in [6.45, 7) is 3.05. The molecule has 2 fully saturated rings. The van der Waals surface area contributed by atoms with E-state index in [0.717, 1.165) is 38.7 Å². The second-order valence-corrected chi connectivity index (χ2v) is 7.96. The summed E-state index contributed by atoms with van der Waals surface area (Å²) >= 11 is 0. The van der Waals surface area contributed by atoms with Crippen LogP contribution in [0.5, 0.6) is 0 Å². The zero-order chi connectivity index (χ0) is 18.8. The fourth-order valence-corrected chi connectivity index (χ4v) is 4.33. The van der Waals surface area contributed by atoms with Crippen LogP contribution in [0.3, 0.4) is 0 Å². The van der Waals surface area contributed by atoms with Crippen molar-refractivity contribution in [3.05, 3.63) is 24.3 Å². The number of unbranched alkanes of at least 4 members (excludes halogenated alkanes) is 3. The van der Waals surface area contributed by atoms with Crippen molar-refractivity contribution in [2.45, 2.75) is 83.3 Å². The molecule has 5 atom stereocenters. The molecule has 0 radical (unpaired) electrons. The lowest BCUT2D eigenvalue weighted by atomic mass is 9.71. The van der Waals surface area contributed by atoms with Crippen LogP contribution in [0.15, 0.2) is 24.3 Å². The topological polar surface area (TPSA) is 66.8 Å². The Balaban J connectivity index is 1.82. The van der Waals surface area contributed by atoms with E-state index in [4.69, 9.17) is 9.84 Å². The number of hydrogen-bond donors (Lipinski definition) is 2. The highest BCUT2D eigenvalue weighted by Gasteiger charge is 2.41. The molecule has 0 aromatic rings. The van der Waals surface area contributed by atoms with Crippen molar-refractivity contribution in [3.8, 4) is 0 Å². The fraction of sp³-hybridized carbons (Fsp3) is 0.773. The minimum atomic E-state index is -0.720. The third-order valence-electron chi connectivity index (χ3n) is 5.82. The number of hydrogen-bond acceptors (Lipinski definition) is 3. The van der Waals surface area contributed by atoms with Crippen LogP contribution < -0.4 is 0 Å². The summed E-state index contributed by atoms with van der Waals surface area (Å²) < 4.78 is 5.91. The van der Waals surface area contributed by atoms with Gasteiger partial charge in [0.2, 0.25) is 0 Å². The SMILES string of the molecule is CCCCC[C@@H](O)/C=C/[C@H]1C[C@H]2C[C@H](CO2)[C@@H]1C/C=C\CCCC(=O)O. The minimum Gasteiger partial charge on any atom is -0.481 e. The maximum absolute atomic E-state index is 10.6. The number of aliphatic carboxylic acids is 1. The maximum atomic E-state index is 10.6. The molecule has 1 saturated carbocycles. The normalized spacial score (nSPS) is 29.6. The zero-order valence-electron chi connectivity index (χ0n) is 16.2. The van der Waals surface area contributed by atoms with Crippen LogP contribution in [0.2, 0.25) is 0 Å². The average Bonchev–Trinajstić information content (AvgIpc) is 3.00. The maximum Gasteiger partial charge on any atom is 0.303 e. The van der Waals surface area contributed by atoms with Gasteiger partial charge in [-0.2, -0.15) is 0 Å². The van der Waals surface area contributed by atoms with Gasteiger partial charge in [-0.15, -0.1) is 0 Å². The number of aliphatic hydroxyl groups excluding tert-OH is 1. The van der Waals surface area contributed by atoms with Crippen LogP contribution in [0, 0.1) is 17.8 Å². The number of rotatable bonds is 12. The van der Waals surface area contributed by atoms with Crippen molar-refractivity contribution >= 4 is 5.97 Å². The van der Waals surface area contributed by atoms with Crippen molar-refractivity contribution in [3.63, 3.8) is 0 Å². The molecule has 0 aromatic heterocycles. The van der Waals surface area contributed by atoms with Gasteiger partial charge < -0.3 is 14.9 Å². The molecular weight excluding hydrogens is 328 g/mol. The molecule has 0 unspecified atom stereocenters. The summed E-state index contributed by atoms with van der Waals surface area (Å²) in [5, 5.41) is 18.9. The third-order valence-corrected chi connectivity index (χ3v) is 5.82. The Hall–Kier alpha value is -1.13. The predicted octanol–water partition coefficient (Wildman–Crippen LogP) is 4.73. The van der Waals surface area contributed by atoms with Crippen molar-refractivity contribution in [2.75, 3.05) is 6.61 Å². The van der Waals surface area contributed by atoms with Gasteiger partial charge in [-0.1, -0.05) is 50.5 Å². The van der Waals surface area contributed by atoms with E-state index < -0.39 is 5.97 Å². The molecule has 1 heterocycles.